The Morgan fingerprint density at radius 1 is 1.17 bits per heavy atom. The summed E-state index contributed by atoms with van der Waals surface area (Å²) in [6.07, 6.45) is 7.07. The molecule has 2 nitrogen and oxygen atoms in total. The summed E-state index contributed by atoms with van der Waals surface area (Å²) >= 11 is 0. The zero-order valence-electron chi connectivity index (χ0n) is 15.1. The molecular weight excluding hydrogens is 303 g/mol. The van der Waals surface area contributed by atoms with Crippen LogP contribution in [-0.2, 0) is 9.59 Å². The third kappa shape index (κ3) is 2.05. The van der Waals surface area contributed by atoms with Crippen molar-refractivity contribution < 1.29 is 14.0 Å². The summed E-state index contributed by atoms with van der Waals surface area (Å²) in [5.41, 5.74) is 1.20. The monoisotopic (exact) mass is 332 g/mol. The molecule has 0 aromatic carbocycles. The molecule has 132 valence electrons. The van der Waals surface area contributed by atoms with Gasteiger partial charge in [-0.15, -0.1) is 0 Å². The van der Waals surface area contributed by atoms with Crippen LogP contribution in [0.5, 0.6) is 0 Å². The Labute approximate surface area is 144 Å². The van der Waals surface area contributed by atoms with Gasteiger partial charge in [0.2, 0.25) is 0 Å². The van der Waals surface area contributed by atoms with Gasteiger partial charge >= 0.3 is 0 Å². The van der Waals surface area contributed by atoms with E-state index in [1.165, 1.54) is 5.57 Å². The average Bonchev–Trinajstić information content (AvgIpc) is 2.86. The fraction of sp³-hybridized carbons (Fsp3) is 0.810. The van der Waals surface area contributed by atoms with Gasteiger partial charge in [-0.1, -0.05) is 19.4 Å². The summed E-state index contributed by atoms with van der Waals surface area (Å²) in [5, 5.41) is 0. The Hall–Kier alpha value is -0.990. The maximum atomic E-state index is 14.2. The van der Waals surface area contributed by atoms with E-state index in [1.807, 2.05) is 0 Å². The first kappa shape index (κ1) is 16.5. The number of halogens is 1. The zero-order chi connectivity index (χ0) is 17.3. The van der Waals surface area contributed by atoms with Crippen LogP contribution < -0.4 is 0 Å². The van der Waals surface area contributed by atoms with Crippen molar-refractivity contribution in [1.82, 2.24) is 0 Å². The quantitative estimate of drug-likeness (QED) is 0.699. The molecule has 0 heterocycles. The lowest BCUT2D eigenvalue weighted by atomic mass is 9.46. The second kappa shape index (κ2) is 5.25. The minimum atomic E-state index is -1.32. The molecule has 4 aliphatic rings. The number of hydrogen-bond acceptors (Lipinski definition) is 2. The normalized spacial score (nSPS) is 50.6. The van der Waals surface area contributed by atoms with Gasteiger partial charge in [-0.2, -0.15) is 0 Å². The van der Waals surface area contributed by atoms with Crippen molar-refractivity contribution in [3.8, 4) is 0 Å². The van der Waals surface area contributed by atoms with E-state index >= 15 is 0 Å². The van der Waals surface area contributed by atoms with E-state index in [2.05, 4.69) is 13.8 Å². The molecule has 1 unspecified atom stereocenters. The summed E-state index contributed by atoms with van der Waals surface area (Å²) in [6.45, 7) is 6.30. The lowest BCUT2D eigenvalue weighted by Gasteiger charge is -2.58. The molecule has 0 saturated heterocycles. The topological polar surface area (TPSA) is 34.1 Å². The number of carbonyl (C=O) groups excluding carboxylic acids is 2. The molecule has 3 heteroatoms. The second-order valence-corrected chi connectivity index (χ2v) is 9.36. The SMILES string of the molecule is CC(=O)[C@H]1CC[C@H]2[C@@H]3CCC4=CC(=O)C(F)C[C@]4(C)[C@H]3CC[C@]12C. The molecule has 0 aliphatic heterocycles. The van der Waals surface area contributed by atoms with Gasteiger partial charge in [0, 0.05) is 5.92 Å². The molecule has 0 radical (unpaired) electrons. The van der Waals surface area contributed by atoms with Gasteiger partial charge < -0.3 is 0 Å². The lowest BCUT2D eigenvalue weighted by Crippen LogP contribution is -2.52. The van der Waals surface area contributed by atoms with Crippen molar-refractivity contribution in [2.45, 2.75) is 71.9 Å². The fourth-order valence-electron chi connectivity index (χ4n) is 7.25. The molecule has 24 heavy (non-hydrogen) atoms. The number of hydrogen-bond donors (Lipinski definition) is 0. The predicted octanol–water partition coefficient (Wildman–Crippen LogP) is 4.67. The van der Waals surface area contributed by atoms with Gasteiger partial charge in [-0.05, 0) is 86.5 Å². The summed E-state index contributed by atoms with van der Waals surface area (Å²) in [7, 11) is 0. The molecule has 0 aromatic heterocycles. The number of allylic oxidation sites excluding steroid dienone is 1. The van der Waals surface area contributed by atoms with Crippen molar-refractivity contribution in [3.63, 3.8) is 0 Å². The van der Waals surface area contributed by atoms with Crippen molar-refractivity contribution in [3.05, 3.63) is 11.6 Å². The molecule has 0 amide bonds. The van der Waals surface area contributed by atoms with E-state index in [0.717, 1.165) is 38.5 Å². The molecule has 0 N–H and O–H groups in total. The van der Waals surface area contributed by atoms with Crippen molar-refractivity contribution in [2.75, 3.05) is 0 Å². The number of fused-ring (bicyclic) bond motifs is 5. The third-order valence-electron chi connectivity index (χ3n) is 8.46. The second-order valence-electron chi connectivity index (χ2n) is 9.36. The average molecular weight is 332 g/mol. The Balaban J connectivity index is 1.68. The van der Waals surface area contributed by atoms with Crippen LogP contribution in [0.3, 0.4) is 0 Å². The Morgan fingerprint density at radius 2 is 1.92 bits per heavy atom. The van der Waals surface area contributed by atoms with E-state index in [1.54, 1.807) is 13.0 Å². The number of rotatable bonds is 1. The van der Waals surface area contributed by atoms with Crippen LogP contribution in [0.4, 0.5) is 4.39 Å². The summed E-state index contributed by atoms with van der Waals surface area (Å²) in [5.74, 6) is 1.92. The molecular formula is C21H29FO2. The highest BCUT2D eigenvalue weighted by Crippen LogP contribution is 2.66. The number of carbonyl (C=O) groups is 2. The van der Waals surface area contributed by atoms with E-state index in [0.29, 0.717) is 30.0 Å². The van der Waals surface area contributed by atoms with Crippen LogP contribution >= 0.6 is 0 Å². The van der Waals surface area contributed by atoms with Gasteiger partial charge in [0.25, 0.3) is 0 Å². The van der Waals surface area contributed by atoms with Crippen LogP contribution in [-0.4, -0.2) is 17.7 Å². The molecule has 4 rings (SSSR count). The summed E-state index contributed by atoms with van der Waals surface area (Å²) < 4.78 is 14.2. The minimum Gasteiger partial charge on any atom is -0.300 e. The summed E-state index contributed by atoms with van der Waals surface area (Å²) in [4.78, 5) is 24.0. The largest absolute Gasteiger partial charge is 0.300 e. The highest BCUT2D eigenvalue weighted by Gasteiger charge is 2.60. The molecule has 3 saturated carbocycles. The first-order valence-corrected chi connectivity index (χ1v) is 9.67. The van der Waals surface area contributed by atoms with E-state index < -0.39 is 6.17 Å². The maximum absolute atomic E-state index is 14.2. The van der Waals surface area contributed by atoms with Crippen LogP contribution in [0.1, 0.15) is 65.7 Å². The highest BCUT2D eigenvalue weighted by atomic mass is 19.1. The van der Waals surface area contributed by atoms with Gasteiger partial charge in [0.15, 0.2) is 12.0 Å². The molecule has 0 aromatic rings. The van der Waals surface area contributed by atoms with Crippen LogP contribution in [0.15, 0.2) is 11.6 Å². The van der Waals surface area contributed by atoms with Crippen LogP contribution in [0.25, 0.3) is 0 Å². The van der Waals surface area contributed by atoms with E-state index in [-0.39, 0.29) is 22.5 Å². The van der Waals surface area contributed by atoms with E-state index in [4.69, 9.17) is 0 Å². The molecule has 7 atom stereocenters. The van der Waals surface area contributed by atoms with Crippen LogP contribution in [0, 0.1) is 34.5 Å². The summed E-state index contributed by atoms with van der Waals surface area (Å²) in [6, 6.07) is 0. The third-order valence-corrected chi connectivity index (χ3v) is 8.46. The molecule has 0 bridgehead atoms. The number of alkyl halides is 1. The maximum Gasteiger partial charge on any atom is 0.189 e. The smallest absolute Gasteiger partial charge is 0.189 e. The van der Waals surface area contributed by atoms with Crippen molar-refractivity contribution in [1.29, 1.82) is 0 Å². The molecule has 0 spiro atoms. The first-order chi connectivity index (χ1) is 11.3. The number of ketones is 2. The van der Waals surface area contributed by atoms with Crippen molar-refractivity contribution >= 4 is 11.6 Å². The van der Waals surface area contributed by atoms with Gasteiger partial charge in [-0.25, -0.2) is 4.39 Å². The van der Waals surface area contributed by atoms with Gasteiger partial charge in [0.05, 0.1) is 0 Å². The fourth-order valence-corrected chi connectivity index (χ4v) is 7.25. The predicted molar refractivity (Wildman–Crippen MR) is 91.2 cm³/mol. The van der Waals surface area contributed by atoms with Gasteiger partial charge in [0.1, 0.15) is 5.78 Å². The standard InChI is InChI=1S/C21H29FO2/c1-12(23)15-6-7-16-14-5-4-13-10-19(24)18(22)11-21(13,3)17(14)8-9-20(15,16)2/h10,14-18H,4-9,11H2,1-3H3/t14-,15+,16-,17-,18?,20+,21-/m0/s1. The Morgan fingerprint density at radius 3 is 2.62 bits per heavy atom. The number of Topliss-reactive ketones (excluding diaryl/α,β-unsaturated/α-hetero) is 1. The molecule has 4 aliphatic carbocycles. The van der Waals surface area contributed by atoms with Crippen LogP contribution in [0.2, 0.25) is 0 Å². The highest BCUT2D eigenvalue weighted by molar-refractivity contribution is 5.95. The van der Waals surface area contributed by atoms with Crippen molar-refractivity contribution in [2.24, 2.45) is 34.5 Å². The Bertz CT molecular complexity index is 623. The Kier molecular flexibility index (Phi) is 3.61. The minimum absolute atomic E-state index is 0.143. The zero-order valence-corrected chi connectivity index (χ0v) is 15.1. The van der Waals surface area contributed by atoms with E-state index in [9.17, 15) is 14.0 Å². The van der Waals surface area contributed by atoms with Gasteiger partial charge in [-0.3, -0.25) is 9.59 Å². The molecule has 3 fully saturated rings. The first-order valence-electron chi connectivity index (χ1n) is 9.67. The lowest BCUT2D eigenvalue weighted by molar-refractivity contribution is -0.130.